The van der Waals surface area contributed by atoms with Crippen LogP contribution in [0.4, 0.5) is 13.2 Å². The number of nitrogens with one attached hydrogen (secondary N) is 1. The minimum absolute atomic E-state index is 0.0500. The predicted molar refractivity (Wildman–Crippen MR) is 110 cm³/mol. The van der Waals surface area contributed by atoms with Crippen LogP contribution in [0.3, 0.4) is 0 Å². The van der Waals surface area contributed by atoms with E-state index >= 15 is 0 Å². The monoisotopic (exact) mass is 492 g/mol. The number of hydrogen-bond acceptors (Lipinski definition) is 4. The molecule has 160 valence electrons. The molecule has 0 aliphatic carbocycles. The van der Waals surface area contributed by atoms with E-state index in [4.69, 9.17) is 0 Å². The van der Waals surface area contributed by atoms with E-state index in [1.807, 2.05) is 6.92 Å². The first-order valence-electron chi connectivity index (χ1n) is 9.12. The van der Waals surface area contributed by atoms with Gasteiger partial charge in [0.1, 0.15) is 5.56 Å². The summed E-state index contributed by atoms with van der Waals surface area (Å²) in [6.45, 7) is 2.03. The van der Waals surface area contributed by atoms with Crippen molar-refractivity contribution in [2.45, 2.75) is 19.6 Å². The molecule has 0 bridgehead atoms. The van der Waals surface area contributed by atoms with Crippen molar-refractivity contribution in [3.8, 4) is 11.3 Å². The molecule has 0 aliphatic rings. The van der Waals surface area contributed by atoms with Crippen LogP contribution in [0.15, 0.2) is 47.2 Å². The lowest BCUT2D eigenvalue weighted by atomic mass is 10.1. The van der Waals surface area contributed by atoms with E-state index in [0.29, 0.717) is 10.1 Å². The van der Waals surface area contributed by atoms with E-state index in [1.54, 1.807) is 42.2 Å². The quantitative estimate of drug-likeness (QED) is 0.464. The Kier molecular flexibility index (Phi) is 5.29. The standard InChI is InChI=1S/C20H16BrF3N6O/c1-11-13(9-26-29(11)2)8-25-19(31)15-10-27-30-17(20(22,23)24)7-16(28-18(15)30)12-3-5-14(21)6-4-12/h3-7,9-10H,8H2,1-2H3,(H,25,31). The summed E-state index contributed by atoms with van der Waals surface area (Å²) in [5, 5.41) is 10.6. The van der Waals surface area contributed by atoms with Gasteiger partial charge in [-0.1, -0.05) is 28.1 Å². The zero-order valence-electron chi connectivity index (χ0n) is 16.4. The van der Waals surface area contributed by atoms with Crippen LogP contribution >= 0.6 is 15.9 Å². The lowest BCUT2D eigenvalue weighted by Crippen LogP contribution is -2.23. The summed E-state index contributed by atoms with van der Waals surface area (Å²) in [4.78, 5) is 17.1. The minimum Gasteiger partial charge on any atom is -0.348 e. The van der Waals surface area contributed by atoms with E-state index in [1.165, 1.54) is 0 Å². The molecule has 0 fully saturated rings. The number of aromatic nitrogens is 5. The van der Waals surface area contributed by atoms with Crippen LogP contribution in [0.2, 0.25) is 0 Å². The van der Waals surface area contributed by atoms with Crippen molar-refractivity contribution in [1.82, 2.24) is 29.7 Å². The van der Waals surface area contributed by atoms with Crippen LogP contribution in [0, 0.1) is 6.92 Å². The number of carbonyl (C=O) groups is 1. The SMILES string of the molecule is Cc1c(CNC(=O)c2cnn3c(C(F)(F)F)cc(-c4ccc(Br)cc4)nc23)cnn1C. The second-order valence-corrected chi connectivity index (χ2v) is 7.80. The Morgan fingerprint density at radius 1 is 1.16 bits per heavy atom. The van der Waals surface area contributed by atoms with Crippen LogP contribution in [-0.2, 0) is 19.8 Å². The van der Waals surface area contributed by atoms with Gasteiger partial charge < -0.3 is 5.32 Å². The summed E-state index contributed by atoms with van der Waals surface area (Å²) in [7, 11) is 1.78. The summed E-state index contributed by atoms with van der Waals surface area (Å²) in [5.41, 5.74) is 0.999. The van der Waals surface area contributed by atoms with E-state index in [9.17, 15) is 18.0 Å². The van der Waals surface area contributed by atoms with Crippen LogP contribution in [0.1, 0.15) is 27.3 Å². The molecule has 0 saturated carbocycles. The molecule has 0 radical (unpaired) electrons. The third-order valence-corrected chi connectivity index (χ3v) is 5.45. The van der Waals surface area contributed by atoms with Gasteiger partial charge >= 0.3 is 6.18 Å². The summed E-state index contributed by atoms with van der Waals surface area (Å²) in [6, 6.07) is 7.61. The summed E-state index contributed by atoms with van der Waals surface area (Å²) < 4.78 is 44.2. The molecule has 4 rings (SSSR count). The molecule has 31 heavy (non-hydrogen) atoms. The van der Waals surface area contributed by atoms with Gasteiger partial charge in [-0.15, -0.1) is 0 Å². The largest absolute Gasteiger partial charge is 0.433 e. The fourth-order valence-corrected chi connectivity index (χ4v) is 3.35. The third-order valence-electron chi connectivity index (χ3n) is 4.92. The maximum Gasteiger partial charge on any atom is 0.433 e. The second-order valence-electron chi connectivity index (χ2n) is 6.89. The minimum atomic E-state index is -4.68. The highest BCUT2D eigenvalue weighted by Gasteiger charge is 2.36. The Labute approximate surface area is 183 Å². The number of amides is 1. The summed E-state index contributed by atoms with van der Waals surface area (Å²) in [6.07, 6.45) is -1.97. The first-order valence-corrected chi connectivity index (χ1v) is 9.92. The summed E-state index contributed by atoms with van der Waals surface area (Å²) >= 11 is 3.30. The van der Waals surface area contributed by atoms with Crippen molar-refractivity contribution in [3.05, 3.63) is 69.7 Å². The van der Waals surface area contributed by atoms with Crippen molar-refractivity contribution in [1.29, 1.82) is 0 Å². The highest BCUT2D eigenvalue weighted by Crippen LogP contribution is 2.33. The van der Waals surface area contributed by atoms with Crippen molar-refractivity contribution in [2.24, 2.45) is 7.05 Å². The first-order chi connectivity index (χ1) is 14.6. The smallest absolute Gasteiger partial charge is 0.348 e. The fraction of sp³-hybridized carbons (Fsp3) is 0.200. The normalized spacial score (nSPS) is 11.8. The molecule has 3 aromatic heterocycles. The fourth-order valence-electron chi connectivity index (χ4n) is 3.08. The third kappa shape index (κ3) is 4.05. The number of rotatable bonds is 4. The molecule has 1 amide bonds. The number of aryl methyl sites for hydroxylation is 1. The number of alkyl halides is 3. The molecule has 0 aliphatic heterocycles. The molecule has 3 heterocycles. The average Bonchev–Trinajstić information content (AvgIpc) is 3.29. The maximum atomic E-state index is 13.7. The average molecular weight is 493 g/mol. The topological polar surface area (TPSA) is 77.1 Å². The van der Waals surface area contributed by atoms with Crippen LogP contribution in [0.5, 0.6) is 0 Å². The number of halogens is 4. The lowest BCUT2D eigenvalue weighted by molar-refractivity contribution is -0.142. The molecular formula is C20H16BrF3N6O. The molecule has 0 unspecified atom stereocenters. The van der Waals surface area contributed by atoms with Gasteiger partial charge in [0.15, 0.2) is 11.3 Å². The molecule has 0 atom stereocenters. The molecule has 0 saturated heterocycles. The van der Waals surface area contributed by atoms with Gasteiger partial charge in [0.25, 0.3) is 5.91 Å². The van der Waals surface area contributed by atoms with Gasteiger partial charge in [-0.05, 0) is 25.1 Å². The highest BCUT2D eigenvalue weighted by atomic mass is 79.9. The molecule has 1 N–H and O–H groups in total. The molecule has 11 heteroatoms. The van der Waals surface area contributed by atoms with Gasteiger partial charge in [0, 0.05) is 34.9 Å². The molecule has 0 spiro atoms. The Bertz CT molecular complexity index is 1280. The Balaban J connectivity index is 1.75. The van der Waals surface area contributed by atoms with E-state index in [-0.39, 0.29) is 23.4 Å². The van der Waals surface area contributed by atoms with Gasteiger partial charge in [-0.3, -0.25) is 9.48 Å². The Morgan fingerprint density at radius 2 is 1.87 bits per heavy atom. The van der Waals surface area contributed by atoms with Crippen LogP contribution in [0.25, 0.3) is 16.9 Å². The van der Waals surface area contributed by atoms with Gasteiger partial charge in [0.2, 0.25) is 0 Å². The summed E-state index contributed by atoms with van der Waals surface area (Å²) in [5.74, 6) is -0.577. The van der Waals surface area contributed by atoms with Gasteiger partial charge in [-0.25, -0.2) is 9.50 Å². The van der Waals surface area contributed by atoms with Gasteiger partial charge in [0.05, 0.1) is 18.1 Å². The maximum absolute atomic E-state index is 13.7. The number of fused-ring (bicyclic) bond motifs is 1. The van der Waals surface area contributed by atoms with E-state index in [2.05, 4.69) is 36.4 Å². The Hall–Kier alpha value is -3.21. The number of nitrogens with zero attached hydrogens (tertiary/aromatic N) is 5. The zero-order chi connectivity index (χ0) is 22.3. The highest BCUT2D eigenvalue weighted by molar-refractivity contribution is 9.10. The molecular weight excluding hydrogens is 477 g/mol. The van der Waals surface area contributed by atoms with Gasteiger partial charge in [-0.2, -0.15) is 23.4 Å². The number of benzene rings is 1. The first kappa shape index (κ1) is 21.0. The van der Waals surface area contributed by atoms with E-state index in [0.717, 1.165) is 28.0 Å². The van der Waals surface area contributed by atoms with Crippen molar-refractivity contribution < 1.29 is 18.0 Å². The Morgan fingerprint density at radius 3 is 2.48 bits per heavy atom. The van der Waals surface area contributed by atoms with Crippen molar-refractivity contribution in [3.63, 3.8) is 0 Å². The molecule has 4 aromatic rings. The lowest BCUT2D eigenvalue weighted by Gasteiger charge is -2.12. The van der Waals surface area contributed by atoms with Crippen molar-refractivity contribution >= 4 is 27.5 Å². The second kappa shape index (κ2) is 7.80. The van der Waals surface area contributed by atoms with Crippen LogP contribution in [-0.4, -0.2) is 30.3 Å². The van der Waals surface area contributed by atoms with Crippen LogP contribution < -0.4 is 5.32 Å². The van der Waals surface area contributed by atoms with Crippen molar-refractivity contribution in [2.75, 3.05) is 0 Å². The van der Waals surface area contributed by atoms with E-state index < -0.39 is 17.8 Å². The number of hydrogen-bond donors (Lipinski definition) is 1. The number of carbonyl (C=O) groups excluding carboxylic acids is 1. The molecule has 7 nitrogen and oxygen atoms in total. The molecule has 1 aromatic carbocycles. The predicted octanol–water partition coefficient (Wildman–Crippen LogP) is 4.15. The zero-order valence-corrected chi connectivity index (χ0v) is 18.0.